The van der Waals surface area contributed by atoms with Gasteiger partial charge in [0.2, 0.25) is 5.91 Å². The van der Waals surface area contributed by atoms with Gasteiger partial charge in [0.15, 0.2) is 0 Å². The summed E-state index contributed by atoms with van der Waals surface area (Å²) in [6.07, 6.45) is 0.179. The van der Waals surface area contributed by atoms with Gasteiger partial charge in [-0.3, -0.25) is 4.79 Å². The fraction of sp³-hybridized carbons (Fsp3) is 0.231. The number of benzene rings is 1. The van der Waals surface area contributed by atoms with E-state index in [1.54, 1.807) is 7.11 Å². The molecule has 0 bridgehead atoms. The van der Waals surface area contributed by atoms with E-state index in [0.29, 0.717) is 0 Å². The Labute approximate surface area is 109 Å². The first-order chi connectivity index (χ1) is 8.60. The standard InChI is InChI=1S/C13H14N2O2S/c1-8-3-4-11(17-2)9(5-8)10-7-18-13(15-10)6-12(14)16/h3-5,7H,6H2,1-2H3,(H2,14,16). The fourth-order valence-electron chi connectivity index (χ4n) is 1.69. The van der Waals surface area contributed by atoms with Crippen LogP contribution in [0.4, 0.5) is 0 Å². The third kappa shape index (κ3) is 2.68. The van der Waals surface area contributed by atoms with E-state index in [9.17, 15) is 4.79 Å². The van der Waals surface area contributed by atoms with Crippen LogP contribution in [0.2, 0.25) is 0 Å². The number of aryl methyl sites for hydroxylation is 1. The number of hydrogen-bond donors (Lipinski definition) is 1. The zero-order valence-electron chi connectivity index (χ0n) is 10.3. The summed E-state index contributed by atoms with van der Waals surface area (Å²) in [7, 11) is 1.63. The van der Waals surface area contributed by atoms with Crippen LogP contribution in [0, 0.1) is 6.92 Å². The number of carbonyl (C=O) groups is 1. The van der Waals surface area contributed by atoms with Gasteiger partial charge < -0.3 is 10.5 Å². The molecule has 0 spiro atoms. The molecule has 2 rings (SSSR count). The van der Waals surface area contributed by atoms with Crippen LogP contribution in [-0.2, 0) is 11.2 Å². The van der Waals surface area contributed by atoms with E-state index in [4.69, 9.17) is 10.5 Å². The SMILES string of the molecule is COc1ccc(C)cc1-c1csc(CC(N)=O)n1. The molecule has 94 valence electrons. The second-order valence-electron chi connectivity index (χ2n) is 3.97. The first-order valence-corrected chi connectivity index (χ1v) is 6.36. The Morgan fingerprint density at radius 3 is 2.94 bits per heavy atom. The number of nitrogens with zero attached hydrogens (tertiary/aromatic N) is 1. The molecule has 0 atom stereocenters. The molecule has 0 unspecified atom stereocenters. The molecule has 0 aliphatic carbocycles. The summed E-state index contributed by atoms with van der Waals surface area (Å²) in [4.78, 5) is 15.3. The largest absolute Gasteiger partial charge is 0.496 e. The minimum atomic E-state index is -0.368. The fourth-order valence-corrected chi connectivity index (χ4v) is 2.49. The summed E-state index contributed by atoms with van der Waals surface area (Å²) in [6.45, 7) is 2.01. The predicted molar refractivity (Wildman–Crippen MR) is 71.7 cm³/mol. The number of carbonyl (C=O) groups excluding carboxylic acids is 1. The summed E-state index contributed by atoms with van der Waals surface area (Å²) in [5.41, 5.74) is 8.04. The molecular formula is C13H14N2O2S. The quantitative estimate of drug-likeness (QED) is 0.918. The van der Waals surface area contributed by atoms with E-state index in [1.807, 2.05) is 30.5 Å². The summed E-state index contributed by atoms with van der Waals surface area (Å²) in [6, 6.07) is 5.92. The zero-order chi connectivity index (χ0) is 13.1. The Bertz CT molecular complexity index is 578. The van der Waals surface area contributed by atoms with Gasteiger partial charge >= 0.3 is 0 Å². The number of methoxy groups -OCH3 is 1. The Balaban J connectivity index is 2.38. The number of aromatic nitrogens is 1. The number of amides is 1. The van der Waals surface area contributed by atoms with Gasteiger partial charge in [0.25, 0.3) is 0 Å². The van der Waals surface area contributed by atoms with Crippen molar-refractivity contribution in [3.05, 3.63) is 34.2 Å². The molecule has 1 aromatic heterocycles. The number of nitrogens with two attached hydrogens (primary N) is 1. The van der Waals surface area contributed by atoms with Crippen molar-refractivity contribution >= 4 is 17.2 Å². The van der Waals surface area contributed by atoms with Crippen LogP contribution in [0.5, 0.6) is 5.75 Å². The van der Waals surface area contributed by atoms with Crippen molar-refractivity contribution in [3.8, 4) is 17.0 Å². The predicted octanol–water partition coefficient (Wildman–Crippen LogP) is 2.15. The molecule has 0 aliphatic heterocycles. The Hall–Kier alpha value is -1.88. The Morgan fingerprint density at radius 2 is 2.28 bits per heavy atom. The van der Waals surface area contributed by atoms with Gasteiger partial charge in [-0.2, -0.15) is 0 Å². The Kier molecular flexibility index (Phi) is 3.62. The molecular weight excluding hydrogens is 248 g/mol. The molecule has 5 heteroatoms. The third-order valence-corrected chi connectivity index (χ3v) is 3.36. The highest BCUT2D eigenvalue weighted by Gasteiger charge is 2.11. The number of rotatable bonds is 4. The molecule has 0 saturated carbocycles. The van der Waals surface area contributed by atoms with Crippen LogP contribution in [0.1, 0.15) is 10.6 Å². The number of thiazole rings is 1. The van der Waals surface area contributed by atoms with Crippen molar-refractivity contribution in [3.63, 3.8) is 0 Å². The number of primary amides is 1. The van der Waals surface area contributed by atoms with Crippen LogP contribution < -0.4 is 10.5 Å². The van der Waals surface area contributed by atoms with Gasteiger partial charge in [0.05, 0.1) is 19.2 Å². The van der Waals surface area contributed by atoms with Gasteiger partial charge in [-0.15, -0.1) is 11.3 Å². The molecule has 4 nitrogen and oxygen atoms in total. The lowest BCUT2D eigenvalue weighted by Gasteiger charge is -2.06. The molecule has 2 aromatic rings. The first-order valence-electron chi connectivity index (χ1n) is 5.48. The van der Waals surface area contributed by atoms with Crippen molar-refractivity contribution in [2.75, 3.05) is 7.11 Å². The highest BCUT2D eigenvalue weighted by atomic mass is 32.1. The molecule has 1 aromatic carbocycles. The lowest BCUT2D eigenvalue weighted by atomic mass is 10.1. The maximum atomic E-state index is 10.9. The third-order valence-electron chi connectivity index (χ3n) is 2.51. The van der Waals surface area contributed by atoms with E-state index in [0.717, 1.165) is 27.6 Å². The van der Waals surface area contributed by atoms with Crippen LogP contribution in [0.25, 0.3) is 11.3 Å². The topological polar surface area (TPSA) is 65.2 Å². The summed E-state index contributed by atoms with van der Waals surface area (Å²) >= 11 is 1.43. The molecule has 2 N–H and O–H groups in total. The first kappa shape index (κ1) is 12.6. The number of hydrogen-bond acceptors (Lipinski definition) is 4. The van der Waals surface area contributed by atoms with Crippen LogP contribution >= 0.6 is 11.3 Å². The van der Waals surface area contributed by atoms with Crippen LogP contribution in [0.3, 0.4) is 0 Å². The molecule has 0 fully saturated rings. The van der Waals surface area contributed by atoms with E-state index in [1.165, 1.54) is 11.3 Å². The number of ether oxygens (including phenoxy) is 1. The molecule has 0 aliphatic rings. The summed E-state index contributed by atoms with van der Waals surface area (Å²) < 4.78 is 5.32. The van der Waals surface area contributed by atoms with E-state index >= 15 is 0 Å². The molecule has 0 radical (unpaired) electrons. The van der Waals surface area contributed by atoms with Gasteiger partial charge in [0.1, 0.15) is 10.8 Å². The second kappa shape index (κ2) is 5.18. The van der Waals surface area contributed by atoms with E-state index in [2.05, 4.69) is 4.98 Å². The van der Waals surface area contributed by atoms with Gasteiger partial charge in [-0.1, -0.05) is 11.6 Å². The van der Waals surface area contributed by atoms with Crippen molar-refractivity contribution in [2.24, 2.45) is 5.73 Å². The van der Waals surface area contributed by atoms with Crippen molar-refractivity contribution < 1.29 is 9.53 Å². The molecule has 1 heterocycles. The van der Waals surface area contributed by atoms with Gasteiger partial charge in [-0.25, -0.2) is 4.98 Å². The maximum Gasteiger partial charge on any atom is 0.224 e. The summed E-state index contributed by atoms with van der Waals surface area (Å²) in [5.74, 6) is 0.406. The van der Waals surface area contributed by atoms with Gasteiger partial charge in [-0.05, 0) is 19.1 Å². The van der Waals surface area contributed by atoms with Gasteiger partial charge in [0, 0.05) is 10.9 Å². The molecule has 1 amide bonds. The van der Waals surface area contributed by atoms with Crippen molar-refractivity contribution in [2.45, 2.75) is 13.3 Å². The van der Waals surface area contributed by atoms with Crippen molar-refractivity contribution in [1.82, 2.24) is 4.98 Å². The lowest BCUT2D eigenvalue weighted by Crippen LogP contribution is -2.13. The second-order valence-corrected chi connectivity index (χ2v) is 4.92. The average molecular weight is 262 g/mol. The lowest BCUT2D eigenvalue weighted by molar-refractivity contribution is -0.117. The normalized spacial score (nSPS) is 10.3. The van der Waals surface area contributed by atoms with Crippen LogP contribution in [0.15, 0.2) is 23.6 Å². The maximum absolute atomic E-state index is 10.9. The minimum absolute atomic E-state index is 0.179. The van der Waals surface area contributed by atoms with Crippen molar-refractivity contribution in [1.29, 1.82) is 0 Å². The molecule has 18 heavy (non-hydrogen) atoms. The molecule has 0 saturated heterocycles. The average Bonchev–Trinajstić information content (AvgIpc) is 2.76. The monoisotopic (exact) mass is 262 g/mol. The summed E-state index contributed by atoms with van der Waals surface area (Å²) in [5, 5.41) is 2.64. The minimum Gasteiger partial charge on any atom is -0.496 e. The van der Waals surface area contributed by atoms with E-state index in [-0.39, 0.29) is 12.3 Å². The van der Waals surface area contributed by atoms with Crippen LogP contribution in [-0.4, -0.2) is 18.0 Å². The zero-order valence-corrected chi connectivity index (χ0v) is 11.1. The Morgan fingerprint density at radius 1 is 1.50 bits per heavy atom. The highest BCUT2D eigenvalue weighted by Crippen LogP contribution is 2.31. The smallest absolute Gasteiger partial charge is 0.224 e. The van der Waals surface area contributed by atoms with E-state index < -0.39 is 0 Å². The highest BCUT2D eigenvalue weighted by molar-refractivity contribution is 7.10.